The fourth-order valence-electron chi connectivity index (χ4n) is 4.40. The van der Waals surface area contributed by atoms with Gasteiger partial charge in [0.2, 0.25) is 0 Å². The van der Waals surface area contributed by atoms with Crippen LogP contribution < -0.4 is 0 Å². The lowest BCUT2D eigenvalue weighted by atomic mass is 9.94. The van der Waals surface area contributed by atoms with E-state index in [0.29, 0.717) is 17.5 Å². The van der Waals surface area contributed by atoms with Crippen LogP contribution in [0.15, 0.2) is 104 Å². The van der Waals surface area contributed by atoms with Crippen LogP contribution >= 0.6 is 0 Å². The molecule has 6 aromatic rings. The largest absolute Gasteiger partial charge is 0.261 e. The number of rotatable bonds is 5. The molecule has 182 valence electrons. The molecule has 0 fully saturated rings. The van der Waals surface area contributed by atoms with E-state index in [4.69, 9.17) is 0 Å². The Morgan fingerprint density at radius 2 is 0.842 bits per heavy atom. The Kier molecular flexibility index (Phi) is 6.16. The minimum atomic E-state index is 0.658. The highest BCUT2D eigenvalue weighted by atomic mass is 15.0. The molecule has 7 heteroatoms. The van der Waals surface area contributed by atoms with Gasteiger partial charge in [0.1, 0.15) is 11.6 Å². The summed E-state index contributed by atoms with van der Waals surface area (Å²) in [6, 6.07) is 23.1. The Morgan fingerprint density at radius 1 is 0.421 bits per heavy atom. The van der Waals surface area contributed by atoms with Crippen LogP contribution in [0.5, 0.6) is 0 Å². The highest BCUT2D eigenvalue weighted by Gasteiger charge is 2.12. The Morgan fingerprint density at radius 3 is 1.26 bits per heavy atom. The topological polar surface area (TPSA) is 90.2 Å². The SMILES string of the molecule is Cc1nc(C)nc(-c2cc(-c3ccc(-c4cnccn4)cc3)cc(-c3ccc(-c4cnccn4)cc3)c2)n1. The van der Waals surface area contributed by atoms with Gasteiger partial charge in [-0.3, -0.25) is 19.9 Å². The molecule has 38 heavy (non-hydrogen) atoms. The predicted molar refractivity (Wildman–Crippen MR) is 148 cm³/mol. The zero-order chi connectivity index (χ0) is 25.9. The van der Waals surface area contributed by atoms with Crippen LogP contribution in [0.25, 0.3) is 56.2 Å². The van der Waals surface area contributed by atoms with Crippen molar-refractivity contribution >= 4 is 0 Å². The molecule has 0 saturated heterocycles. The van der Waals surface area contributed by atoms with Gasteiger partial charge in [-0.25, -0.2) is 15.0 Å². The predicted octanol–water partition coefficient (Wildman–Crippen LogP) is 6.40. The molecule has 0 radical (unpaired) electrons. The summed E-state index contributed by atoms with van der Waals surface area (Å²) in [4.78, 5) is 30.8. The maximum absolute atomic E-state index is 4.63. The van der Waals surface area contributed by atoms with Gasteiger partial charge in [0.05, 0.1) is 23.8 Å². The van der Waals surface area contributed by atoms with E-state index >= 15 is 0 Å². The van der Waals surface area contributed by atoms with Gasteiger partial charge in [0.25, 0.3) is 0 Å². The number of aromatic nitrogens is 7. The molecule has 0 bridgehead atoms. The van der Waals surface area contributed by atoms with Crippen molar-refractivity contribution in [2.24, 2.45) is 0 Å². The first-order chi connectivity index (χ1) is 18.6. The molecule has 7 nitrogen and oxygen atoms in total. The van der Waals surface area contributed by atoms with E-state index in [9.17, 15) is 0 Å². The highest BCUT2D eigenvalue weighted by molar-refractivity contribution is 5.81. The van der Waals surface area contributed by atoms with Crippen molar-refractivity contribution in [3.63, 3.8) is 0 Å². The summed E-state index contributed by atoms with van der Waals surface area (Å²) in [5, 5.41) is 0. The van der Waals surface area contributed by atoms with E-state index < -0.39 is 0 Å². The number of benzene rings is 3. The summed E-state index contributed by atoms with van der Waals surface area (Å²) >= 11 is 0. The van der Waals surface area contributed by atoms with Crippen molar-refractivity contribution in [1.82, 2.24) is 34.9 Å². The minimum Gasteiger partial charge on any atom is -0.261 e. The van der Waals surface area contributed by atoms with Crippen LogP contribution in [0.2, 0.25) is 0 Å². The third-order valence-corrected chi connectivity index (χ3v) is 6.20. The van der Waals surface area contributed by atoms with Gasteiger partial charge in [0.15, 0.2) is 5.82 Å². The second kappa shape index (κ2) is 10.1. The van der Waals surface area contributed by atoms with Gasteiger partial charge in [0, 0.05) is 41.5 Å². The normalized spacial score (nSPS) is 10.9. The first-order valence-corrected chi connectivity index (χ1v) is 12.2. The zero-order valence-corrected chi connectivity index (χ0v) is 20.9. The van der Waals surface area contributed by atoms with Crippen molar-refractivity contribution in [2.45, 2.75) is 13.8 Å². The Bertz CT molecular complexity index is 1580. The molecule has 0 amide bonds. The lowest BCUT2D eigenvalue weighted by Crippen LogP contribution is -1.99. The van der Waals surface area contributed by atoms with Crippen molar-refractivity contribution in [2.75, 3.05) is 0 Å². The molecule has 3 aromatic carbocycles. The molecule has 3 aromatic heterocycles. The standard InChI is InChI=1S/C31H23N7/c1-20-36-21(2)38-31(37-20)28-16-26(22-3-7-24(8-4-22)29-18-32-11-13-34-29)15-27(17-28)23-5-9-25(10-6-23)30-19-33-12-14-35-30/h3-19H,1-2H3. The monoisotopic (exact) mass is 493 g/mol. The third kappa shape index (κ3) is 4.90. The smallest absolute Gasteiger partial charge is 0.163 e. The summed E-state index contributed by atoms with van der Waals surface area (Å²) in [6.45, 7) is 3.78. The van der Waals surface area contributed by atoms with Crippen LogP contribution in [0.4, 0.5) is 0 Å². The fraction of sp³-hybridized carbons (Fsp3) is 0.0645. The molecule has 0 aliphatic carbocycles. The second-order valence-corrected chi connectivity index (χ2v) is 8.89. The van der Waals surface area contributed by atoms with Gasteiger partial charge < -0.3 is 0 Å². The lowest BCUT2D eigenvalue weighted by molar-refractivity contribution is 0.928. The van der Waals surface area contributed by atoms with Crippen LogP contribution in [0.1, 0.15) is 11.6 Å². The van der Waals surface area contributed by atoms with Crippen molar-refractivity contribution < 1.29 is 0 Å². The molecule has 0 aliphatic heterocycles. The lowest BCUT2D eigenvalue weighted by Gasteiger charge is -2.12. The average molecular weight is 494 g/mol. The summed E-state index contributed by atoms with van der Waals surface area (Å²) < 4.78 is 0. The molecule has 0 spiro atoms. The molecule has 6 rings (SSSR count). The highest BCUT2D eigenvalue weighted by Crippen LogP contribution is 2.33. The summed E-state index contributed by atoms with van der Waals surface area (Å²) in [7, 11) is 0. The van der Waals surface area contributed by atoms with Gasteiger partial charge >= 0.3 is 0 Å². The molecule has 3 heterocycles. The van der Waals surface area contributed by atoms with E-state index in [1.165, 1.54) is 0 Å². The molecular weight excluding hydrogens is 470 g/mol. The maximum atomic E-state index is 4.63. The number of hydrogen-bond donors (Lipinski definition) is 0. The van der Waals surface area contributed by atoms with E-state index in [2.05, 4.69) is 102 Å². The average Bonchev–Trinajstić information content (AvgIpc) is 2.97. The van der Waals surface area contributed by atoms with Crippen molar-refractivity contribution in [3.05, 3.63) is 116 Å². The maximum Gasteiger partial charge on any atom is 0.163 e. The molecule has 0 atom stereocenters. The number of aryl methyl sites for hydroxylation is 2. The van der Waals surface area contributed by atoms with Gasteiger partial charge in [-0.05, 0) is 54.3 Å². The third-order valence-electron chi connectivity index (χ3n) is 6.20. The quantitative estimate of drug-likeness (QED) is 0.274. The van der Waals surface area contributed by atoms with Crippen molar-refractivity contribution in [3.8, 4) is 56.2 Å². The van der Waals surface area contributed by atoms with E-state index in [1.807, 2.05) is 13.8 Å². The molecule has 0 aliphatic rings. The van der Waals surface area contributed by atoms with E-state index in [0.717, 1.165) is 50.3 Å². The molecular formula is C31H23N7. The first kappa shape index (κ1) is 23.2. The minimum absolute atomic E-state index is 0.658. The summed E-state index contributed by atoms with van der Waals surface area (Å²) in [5.74, 6) is 2.05. The Balaban J connectivity index is 1.44. The molecule has 0 N–H and O–H groups in total. The van der Waals surface area contributed by atoms with E-state index in [-0.39, 0.29) is 0 Å². The summed E-state index contributed by atoms with van der Waals surface area (Å²) in [5.41, 5.74) is 8.94. The Hall–Kier alpha value is -5.17. The van der Waals surface area contributed by atoms with Crippen LogP contribution in [-0.2, 0) is 0 Å². The van der Waals surface area contributed by atoms with E-state index in [1.54, 1.807) is 37.2 Å². The number of hydrogen-bond acceptors (Lipinski definition) is 7. The Labute approximate surface area is 220 Å². The molecule has 0 unspecified atom stereocenters. The first-order valence-electron chi connectivity index (χ1n) is 12.2. The van der Waals surface area contributed by atoms with Gasteiger partial charge in [-0.15, -0.1) is 0 Å². The van der Waals surface area contributed by atoms with Crippen LogP contribution in [0, 0.1) is 13.8 Å². The molecule has 0 saturated carbocycles. The number of nitrogens with zero attached hydrogens (tertiary/aromatic N) is 7. The van der Waals surface area contributed by atoms with Crippen LogP contribution in [-0.4, -0.2) is 34.9 Å². The second-order valence-electron chi connectivity index (χ2n) is 8.89. The summed E-state index contributed by atoms with van der Waals surface area (Å²) in [6.07, 6.45) is 10.3. The zero-order valence-electron chi connectivity index (χ0n) is 20.9. The van der Waals surface area contributed by atoms with Crippen molar-refractivity contribution in [1.29, 1.82) is 0 Å². The van der Waals surface area contributed by atoms with Gasteiger partial charge in [-0.1, -0.05) is 48.5 Å². The van der Waals surface area contributed by atoms with Gasteiger partial charge in [-0.2, -0.15) is 0 Å². The fourth-order valence-corrected chi connectivity index (χ4v) is 4.40. The van der Waals surface area contributed by atoms with Crippen LogP contribution in [0.3, 0.4) is 0 Å².